The molecule has 0 atom stereocenters. The molecule has 1 aliphatic heterocycles. The Labute approximate surface area is 83.1 Å². The van der Waals surface area contributed by atoms with Crippen LogP contribution in [0.1, 0.15) is 29.2 Å². The normalized spacial score (nSPS) is 18.3. The maximum Gasteiger partial charge on any atom is 0.250 e. The largest absolute Gasteiger partial charge is 0.366 e. The van der Waals surface area contributed by atoms with E-state index in [1.165, 1.54) is 0 Å². The second kappa shape index (κ2) is 3.84. The number of carbonyl (C=O) groups excluding carboxylic acids is 1. The molecule has 0 unspecified atom stereocenters. The number of nitrogens with one attached hydrogen (secondary N) is 1. The Balaban J connectivity index is 2.11. The zero-order chi connectivity index (χ0) is 9.97. The van der Waals surface area contributed by atoms with Crippen LogP contribution < -0.4 is 11.1 Å². The van der Waals surface area contributed by atoms with Gasteiger partial charge in [0.15, 0.2) is 0 Å². The lowest BCUT2D eigenvalue weighted by molar-refractivity contribution is 0.1000. The molecule has 0 bridgehead atoms. The highest BCUT2D eigenvalue weighted by Gasteiger charge is 2.15. The Bertz CT molecular complexity index is 326. The molecular weight excluding hydrogens is 178 g/mol. The van der Waals surface area contributed by atoms with Gasteiger partial charge in [-0.25, -0.2) is 0 Å². The number of hydrogen-bond donors (Lipinski definition) is 2. The summed E-state index contributed by atoms with van der Waals surface area (Å²) in [6.45, 7) is 2.10. The molecule has 1 fully saturated rings. The van der Waals surface area contributed by atoms with Gasteiger partial charge >= 0.3 is 0 Å². The standard InChI is InChI=1S/C10H15N3O/c11-10(14)8-3-6-13(7-8)9-1-4-12-5-2-9/h3,6-7,9,12H,1-2,4-5H2,(H2,11,14). The molecule has 0 spiro atoms. The molecule has 1 aliphatic rings. The molecule has 1 aromatic heterocycles. The molecule has 0 aromatic carbocycles. The minimum Gasteiger partial charge on any atom is -0.366 e. The van der Waals surface area contributed by atoms with E-state index in [2.05, 4.69) is 9.88 Å². The van der Waals surface area contributed by atoms with Crippen LogP contribution >= 0.6 is 0 Å². The van der Waals surface area contributed by atoms with Crippen molar-refractivity contribution in [3.63, 3.8) is 0 Å². The maximum atomic E-state index is 10.9. The third kappa shape index (κ3) is 1.80. The van der Waals surface area contributed by atoms with Crippen molar-refractivity contribution in [3.05, 3.63) is 24.0 Å². The monoisotopic (exact) mass is 193 g/mol. The number of amides is 1. The molecule has 3 N–H and O–H groups in total. The SMILES string of the molecule is NC(=O)c1ccn(C2CCNCC2)c1. The molecule has 4 heteroatoms. The third-order valence-corrected chi connectivity index (χ3v) is 2.73. The average Bonchev–Trinajstić information content (AvgIpc) is 2.68. The first-order valence-corrected chi connectivity index (χ1v) is 4.95. The summed E-state index contributed by atoms with van der Waals surface area (Å²) in [6, 6.07) is 2.30. The van der Waals surface area contributed by atoms with Crippen molar-refractivity contribution in [2.24, 2.45) is 5.73 Å². The number of primary amides is 1. The quantitative estimate of drug-likeness (QED) is 0.719. The zero-order valence-corrected chi connectivity index (χ0v) is 8.07. The predicted octanol–water partition coefficient (Wildman–Crippen LogP) is 0.511. The highest BCUT2D eigenvalue weighted by molar-refractivity contribution is 5.92. The summed E-state index contributed by atoms with van der Waals surface area (Å²) in [7, 11) is 0. The molecule has 2 heterocycles. The van der Waals surface area contributed by atoms with Crippen LogP contribution in [0.4, 0.5) is 0 Å². The molecule has 76 valence electrons. The van der Waals surface area contributed by atoms with Crippen LogP contribution in [0.3, 0.4) is 0 Å². The first-order chi connectivity index (χ1) is 6.77. The van der Waals surface area contributed by atoms with Crippen molar-refractivity contribution in [2.45, 2.75) is 18.9 Å². The van der Waals surface area contributed by atoms with Crippen LogP contribution in [0.25, 0.3) is 0 Å². The number of carbonyl (C=O) groups is 1. The van der Waals surface area contributed by atoms with Gasteiger partial charge in [-0.2, -0.15) is 0 Å². The van der Waals surface area contributed by atoms with Crippen molar-refractivity contribution >= 4 is 5.91 Å². The van der Waals surface area contributed by atoms with Crippen LogP contribution in [-0.4, -0.2) is 23.6 Å². The van der Waals surface area contributed by atoms with E-state index >= 15 is 0 Å². The second-order valence-corrected chi connectivity index (χ2v) is 3.69. The molecule has 0 radical (unpaired) electrons. The lowest BCUT2D eigenvalue weighted by atomic mass is 10.1. The Hall–Kier alpha value is -1.29. The van der Waals surface area contributed by atoms with Gasteiger partial charge in [0.2, 0.25) is 5.91 Å². The van der Waals surface area contributed by atoms with Gasteiger partial charge in [0.05, 0.1) is 5.56 Å². The fourth-order valence-corrected chi connectivity index (χ4v) is 1.89. The molecule has 4 nitrogen and oxygen atoms in total. The summed E-state index contributed by atoms with van der Waals surface area (Å²) in [6.07, 6.45) is 6.02. The van der Waals surface area contributed by atoms with Crippen molar-refractivity contribution in [2.75, 3.05) is 13.1 Å². The van der Waals surface area contributed by atoms with E-state index < -0.39 is 0 Å². The van der Waals surface area contributed by atoms with Gasteiger partial charge in [-0.3, -0.25) is 4.79 Å². The summed E-state index contributed by atoms with van der Waals surface area (Å²) in [5.41, 5.74) is 5.79. The van der Waals surface area contributed by atoms with Crippen molar-refractivity contribution in [3.8, 4) is 0 Å². The molecular formula is C10H15N3O. The topological polar surface area (TPSA) is 60.1 Å². The molecule has 1 saturated heterocycles. The van der Waals surface area contributed by atoms with Crippen LogP contribution in [0.15, 0.2) is 18.5 Å². The highest BCUT2D eigenvalue weighted by atomic mass is 16.1. The smallest absolute Gasteiger partial charge is 0.250 e. The Morgan fingerprint density at radius 1 is 1.50 bits per heavy atom. The van der Waals surface area contributed by atoms with Crippen molar-refractivity contribution in [1.29, 1.82) is 0 Å². The number of hydrogen-bond acceptors (Lipinski definition) is 2. The predicted molar refractivity (Wildman–Crippen MR) is 54.1 cm³/mol. The van der Waals surface area contributed by atoms with Crippen LogP contribution in [0, 0.1) is 0 Å². The van der Waals surface area contributed by atoms with Gasteiger partial charge in [0.25, 0.3) is 0 Å². The average molecular weight is 193 g/mol. The van der Waals surface area contributed by atoms with E-state index in [1.54, 1.807) is 6.07 Å². The van der Waals surface area contributed by atoms with Gasteiger partial charge < -0.3 is 15.6 Å². The van der Waals surface area contributed by atoms with Crippen molar-refractivity contribution < 1.29 is 4.79 Å². The molecule has 0 aliphatic carbocycles. The van der Waals surface area contributed by atoms with E-state index in [4.69, 9.17) is 5.73 Å². The van der Waals surface area contributed by atoms with Gasteiger partial charge in [0.1, 0.15) is 0 Å². The second-order valence-electron chi connectivity index (χ2n) is 3.69. The zero-order valence-electron chi connectivity index (χ0n) is 8.07. The fraction of sp³-hybridized carbons (Fsp3) is 0.500. The molecule has 1 amide bonds. The summed E-state index contributed by atoms with van der Waals surface area (Å²) >= 11 is 0. The van der Waals surface area contributed by atoms with Crippen molar-refractivity contribution in [1.82, 2.24) is 9.88 Å². The lowest BCUT2D eigenvalue weighted by Gasteiger charge is -2.24. The van der Waals surface area contributed by atoms with E-state index in [-0.39, 0.29) is 5.91 Å². The number of aromatic nitrogens is 1. The van der Waals surface area contributed by atoms with Gasteiger partial charge in [-0.05, 0) is 32.0 Å². The van der Waals surface area contributed by atoms with E-state index in [1.807, 2.05) is 12.4 Å². The van der Waals surface area contributed by atoms with E-state index in [0.717, 1.165) is 25.9 Å². The maximum absolute atomic E-state index is 10.9. The fourth-order valence-electron chi connectivity index (χ4n) is 1.89. The summed E-state index contributed by atoms with van der Waals surface area (Å²) < 4.78 is 2.10. The molecule has 2 rings (SSSR count). The van der Waals surface area contributed by atoms with Gasteiger partial charge in [0, 0.05) is 18.4 Å². The van der Waals surface area contributed by atoms with E-state index in [9.17, 15) is 4.79 Å². The summed E-state index contributed by atoms with van der Waals surface area (Å²) in [4.78, 5) is 10.9. The van der Waals surface area contributed by atoms with Gasteiger partial charge in [-0.1, -0.05) is 0 Å². The lowest BCUT2D eigenvalue weighted by Crippen LogP contribution is -2.29. The minimum absolute atomic E-state index is 0.349. The summed E-state index contributed by atoms with van der Waals surface area (Å²) in [5, 5.41) is 3.31. The van der Waals surface area contributed by atoms with Crippen LogP contribution in [0.2, 0.25) is 0 Å². The number of nitrogens with zero attached hydrogens (tertiary/aromatic N) is 1. The third-order valence-electron chi connectivity index (χ3n) is 2.73. The highest BCUT2D eigenvalue weighted by Crippen LogP contribution is 2.19. The number of nitrogens with two attached hydrogens (primary N) is 1. The number of piperidine rings is 1. The van der Waals surface area contributed by atoms with E-state index in [0.29, 0.717) is 11.6 Å². The Kier molecular flexibility index (Phi) is 2.54. The first kappa shape index (κ1) is 9.27. The van der Waals surface area contributed by atoms with Gasteiger partial charge in [-0.15, -0.1) is 0 Å². The minimum atomic E-state index is -0.349. The Morgan fingerprint density at radius 3 is 2.79 bits per heavy atom. The molecule has 0 saturated carbocycles. The van der Waals surface area contributed by atoms with Crippen LogP contribution in [0.5, 0.6) is 0 Å². The Morgan fingerprint density at radius 2 is 2.21 bits per heavy atom. The summed E-state index contributed by atoms with van der Waals surface area (Å²) in [5.74, 6) is -0.349. The number of rotatable bonds is 2. The van der Waals surface area contributed by atoms with Crippen LogP contribution in [-0.2, 0) is 0 Å². The molecule has 14 heavy (non-hydrogen) atoms. The molecule has 1 aromatic rings. The first-order valence-electron chi connectivity index (χ1n) is 4.95.